The monoisotopic (exact) mass is 804 g/mol. The molecule has 0 atom stereocenters. The Labute approximate surface area is 366 Å². The molecule has 2 aromatic heterocycles. The van der Waals surface area contributed by atoms with Gasteiger partial charge in [0.1, 0.15) is 11.2 Å². The third-order valence-corrected chi connectivity index (χ3v) is 12.4. The van der Waals surface area contributed by atoms with Gasteiger partial charge in [0.15, 0.2) is 0 Å². The van der Waals surface area contributed by atoms with Gasteiger partial charge in [0.2, 0.25) is 0 Å². The van der Waals surface area contributed by atoms with Crippen LogP contribution >= 0.6 is 0 Å². The second-order valence-electron chi connectivity index (χ2n) is 16.1. The maximum Gasteiger partial charge on any atom is 0.143 e. The molecule has 12 aromatic rings. The van der Waals surface area contributed by atoms with E-state index in [9.17, 15) is 0 Å². The zero-order valence-electron chi connectivity index (χ0n) is 34.4. The average molecular weight is 805 g/mol. The Balaban J connectivity index is 0.990. The number of hydrogen-bond acceptors (Lipinski definition) is 2. The maximum atomic E-state index is 6.47. The Morgan fingerprint density at radius 1 is 0.302 bits per heavy atom. The molecule has 0 radical (unpaired) electrons. The SMILES string of the molecule is c1ccc(-c2ccccc2-c2ccc(N(c3ccc(-c4cccc5c4oc4ccccc45)cc3)c3cccc(-c4ccccc4-n4c5ccccc5c5ccccc54)c3)cc2)cc1. The van der Waals surface area contributed by atoms with Crippen LogP contribution in [0.3, 0.4) is 0 Å². The van der Waals surface area contributed by atoms with Gasteiger partial charge in [-0.25, -0.2) is 0 Å². The lowest BCUT2D eigenvalue weighted by Gasteiger charge is -2.27. The van der Waals surface area contributed by atoms with Crippen molar-refractivity contribution in [1.82, 2.24) is 4.57 Å². The van der Waals surface area contributed by atoms with E-state index in [2.05, 4.69) is 240 Å². The van der Waals surface area contributed by atoms with Crippen molar-refractivity contribution < 1.29 is 4.42 Å². The highest BCUT2D eigenvalue weighted by Crippen LogP contribution is 2.43. The smallest absolute Gasteiger partial charge is 0.143 e. The summed E-state index contributed by atoms with van der Waals surface area (Å²) in [7, 11) is 0. The molecule has 0 aliphatic rings. The second kappa shape index (κ2) is 15.3. The molecule has 3 nitrogen and oxygen atoms in total. The summed E-state index contributed by atoms with van der Waals surface area (Å²) in [5, 5.41) is 4.75. The van der Waals surface area contributed by atoms with Gasteiger partial charge in [-0.3, -0.25) is 0 Å². The van der Waals surface area contributed by atoms with Crippen LogP contribution in [0.15, 0.2) is 247 Å². The third kappa shape index (κ3) is 6.29. The number of benzene rings is 10. The Hall–Kier alpha value is -8.40. The molecule has 296 valence electrons. The zero-order chi connectivity index (χ0) is 41.7. The van der Waals surface area contributed by atoms with Gasteiger partial charge in [0.05, 0.1) is 16.7 Å². The Morgan fingerprint density at radius 2 is 0.778 bits per heavy atom. The van der Waals surface area contributed by atoms with Gasteiger partial charge < -0.3 is 13.9 Å². The van der Waals surface area contributed by atoms with Crippen LogP contribution in [0.5, 0.6) is 0 Å². The van der Waals surface area contributed by atoms with Gasteiger partial charge in [-0.15, -0.1) is 0 Å². The van der Waals surface area contributed by atoms with Crippen molar-refractivity contribution in [1.29, 1.82) is 0 Å². The van der Waals surface area contributed by atoms with Crippen molar-refractivity contribution in [3.05, 3.63) is 243 Å². The number of aromatic nitrogens is 1. The molecule has 0 bridgehead atoms. The molecule has 0 saturated heterocycles. The summed E-state index contributed by atoms with van der Waals surface area (Å²) in [4.78, 5) is 2.37. The summed E-state index contributed by atoms with van der Waals surface area (Å²) >= 11 is 0. The molecule has 63 heavy (non-hydrogen) atoms. The van der Waals surface area contributed by atoms with Gasteiger partial charge in [-0.2, -0.15) is 0 Å². The van der Waals surface area contributed by atoms with Crippen LogP contribution in [0.25, 0.3) is 93.9 Å². The third-order valence-electron chi connectivity index (χ3n) is 12.4. The maximum absolute atomic E-state index is 6.47. The molecule has 0 amide bonds. The lowest BCUT2D eigenvalue weighted by atomic mass is 9.94. The highest BCUT2D eigenvalue weighted by Gasteiger charge is 2.19. The second-order valence-corrected chi connectivity index (χ2v) is 16.1. The largest absolute Gasteiger partial charge is 0.455 e. The predicted molar refractivity (Wildman–Crippen MR) is 264 cm³/mol. The first kappa shape index (κ1) is 36.5. The molecule has 0 unspecified atom stereocenters. The number of para-hydroxylation sites is 5. The van der Waals surface area contributed by atoms with Crippen molar-refractivity contribution in [2.75, 3.05) is 4.90 Å². The number of furan rings is 1. The van der Waals surface area contributed by atoms with Gasteiger partial charge in [0.25, 0.3) is 0 Å². The number of rotatable bonds is 8. The summed E-state index contributed by atoms with van der Waals surface area (Å²) < 4.78 is 8.88. The quantitative estimate of drug-likeness (QED) is 0.153. The van der Waals surface area contributed by atoms with Crippen molar-refractivity contribution in [2.45, 2.75) is 0 Å². The minimum absolute atomic E-state index is 0.900. The van der Waals surface area contributed by atoms with Crippen LogP contribution in [0.2, 0.25) is 0 Å². The first-order valence-corrected chi connectivity index (χ1v) is 21.5. The lowest BCUT2D eigenvalue weighted by molar-refractivity contribution is 0.670. The van der Waals surface area contributed by atoms with Crippen LogP contribution in [0.1, 0.15) is 0 Å². The lowest BCUT2D eigenvalue weighted by Crippen LogP contribution is -2.10. The Morgan fingerprint density at radius 3 is 1.46 bits per heavy atom. The highest BCUT2D eigenvalue weighted by molar-refractivity contribution is 6.11. The topological polar surface area (TPSA) is 21.3 Å². The van der Waals surface area contributed by atoms with Crippen molar-refractivity contribution in [3.63, 3.8) is 0 Å². The first-order valence-electron chi connectivity index (χ1n) is 21.5. The van der Waals surface area contributed by atoms with Gasteiger partial charge in [-0.1, -0.05) is 182 Å². The fourth-order valence-corrected chi connectivity index (χ4v) is 9.51. The van der Waals surface area contributed by atoms with Crippen LogP contribution in [-0.2, 0) is 0 Å². The molecule has 0 aliphatic heterocycles. The number of hydrogen-bond donors (Lipinski definition) is 0. The molecule has 3 heteroatoms. The molecule has 0 aliphatic carbocycles. The minimum atomic E-state index is 0.900. The summed E-state index contributed by atoms with van der Waals surface area (Å²) in [6, 6.07) is 87.1. The predicted octanol–water partition coefficient (Wildman–Crippen LogP) is 16.8. The van der Waals surface area contributed by atoms with E-state index in [1.54, 1.807) is 0 Å². The number of anilines is 3. The molecule has 12 rings (SSSR count). The van der Waals surface area contributed by atoms with E-state index in [0.29, 0.717) is 0 Å². The molecule has 0 spiro atoms. The van der Waals surface area contributed by atoms with Gasteiger partial charge in [0, 0.05) is 49.7 Å². The fourth-order valence-electron chi connectivity index (χ4n) is 9.51. The van der Waals surface area contributed by atoms with Gasteiger partial charge >= 0.3 is 0 Å². The first-order chi connectivity index (χ1) is 31.3. The van der Waals surface area contributed by atoms with Crippen LogP contribution in [-0.4, -0.2) is 4.57 Å². The number of nitrogens with zero attached hydrogens (tertiary/aromatic N) is 2. The normalized spacial score (nSPS) is 11.5. The standard InChI is InChI=1S/C60H40N2O/c1-2-16-41(17-3-1)48-20-4-5-21-49(48)42-32-36-45(37-33-42)61(46-38-34-43(35-39-46)51-26-15-27-55-54-25-9-13-31-59(54)63-60(51)55)47-19-14-18-44(40-47)50-22-6-10-28-56(50)62-57-29-11-7-23-52(57)53-24-8-12-30-58(53)62/h1-40H. The summed E-state index contributed by atoms with van der Waals surface area (Å²) in [6.45, 7) is 0. The van der Waals surface area contributed by atoms with Crippen molar-refractivity contribution in [3.8, 4) is 50.2 Å². The van der Waals surface area contributed by atoms with E-state index in [4.69, 9.17) is 4.42 Å². The van der Waals surface area contributed by atoms with Crippen LogP contribution in [0.4, 0.5) is 17.1 Å². The minimum Gasteiger partial charge on any atom is -0.455 e. The number of fused-ring (bicyclic) bond motifs is 6. The summed E-state index contributed by atoms with van der Waals surface area (Å²) in [6.07, 6.45) is 0. The fraction of sp³-hybridized carbons (Fsp3) is 0. The molecule has 2 heterocycles. The molecule has 0 fully saturated rings. The van der Waals surface area contributed by atoms with Crippen molar-refractivity contribution in [2.24, 2.45) is 0 Å². The average Bonchev–Trinajstić information content (AvgIpc) is 3.91. The molecule has 0 saturated carbocycles. The Bertz CT molecular complexity index is 3560. The van der Waals surface area contributed by atoms with Crippen molar-refractivity contribution >= 4 is 60.8 Å². The van der Waals surface area contributed by atoms with E-state index >= 15 is 0 Å². The van der Waals surface area contributed by atoms with E-state index in [1.807, 2.05) is 12.1 Å². The molecular formula is C60H40N2O. The summed E-state index contributed by atoms with van der Waals surface area (Å²) in [5.74, 6) is 0. The van der Waals surface area contributed by atoms with Crippen LogP contribution in [0, 0.1) is 0 Å². The van der Waals surface area contributed by atoms with Gasteiger partial charge in [-0.05, 0) is 94.0 Å². The molecule has 0 N–H and O–H groups in total. The van der Waals surface area contributed by atoms with E-state index in [0.717, 1.165) is 66.9 Å². The van der Waals surface area contributed by atoms with E-state index in [-0.39, 0.29) is 0 Å². The zero-order valence-corrected chi connectivity index (χ0v) is 34.4. The highest BCUT2D eigenvalue weighted by atomic mass is 16.3. The van der Waals surface area contributed by atoms with E-state index < -0.39 is 0 Å². The summed E-state index contributed by atoms with van der Waals surface area (Å²) in [5.41, 5.74) is 17.8. The molecule has 10 aromatic carbocycles. The van der Waals surface area contributed by atoms with Crippen LogP contribution < -0.4 is 4.90 Å². The molecular weight excluding hydrogens is 765 g/mol. The van der Waals surface area contributed by atoms with E-state index in [1.165, 1.54) is 44.1 Å². The Kier molecular flexibility index (Phi) is 8.83.